The Hall–Kier alpha value is -0.640. The molecule has 82 valence electrons. The van der Waals surface area contributed by atoms with Crippen LogP contribution in [-0.4, -0.2) is 6.04 Å². The zero-order chi connectivity index (χ0) is 10.8. The fourth-order valence-electron chi connectivity index (χ4n) is 1.78. The number of hydrogen-bond donors (Lipinski definition) is 2. The van der Waals surface area contributed by atoms with Crippen LogP contribution in [0.1, 0.15) is 18.4 Å². The van der Waals surface area contributed by atoms with E-state index >= 15 is 0 Å². The third-order valence-corrected chi connectivity index (χ3v) is 3.15. The predicted octanol–water partition coefficient (Wildman–Crippen LogP) is 2.26. The van der Waals surface area contributed by atoms with Gasteiger partial charge < -0.3 is 0 Å². The van der Waals surface area contributed by atoms with E-state index in [0.717, 1.165) is 12.0 Å². The summed E-state index contributed by atoms with van der Waals surface area (Å²) in [7, 11) is 0. The lowest BCUT2D eigenvalue weighted by molar-refractivity contribution is 0.471. The monoisotopic (exact) mass is 228 g/mol. The maximum absolute atomic E-state index is 13.2. The van der Waals surface area contributed by atoms with E-state index in [0.29, 0.717) is 5.92 Å². The van der Waals surface area contributed by atoms with Crippen LogP contribution < -0.4 is 11.3 Å². The molecule has 1 saturated carbocycles. The highest BCUT2D eigenvalue weighted by Crippen LogP contribution is 2.33. The first kappa shape index (κ1) is 10.9. The molecule has 0 saturated heterocycles. The van der Waals surface area contributed by atoms with Crippen LogP contribution in [-0.2, 0) is 6.42 Å². The molecule has 3 N–H and O–H groups in total. The molecule has 0 heterocycles. The number of halogens is 2. The molecule has 1 aliphatic rings. The highest BCUT2D eigenvalue weighted by molar-refractivity contribution is 6.30. The van der Waals surface area contributed by atoms with Crippen molar-refractivity contribution in [2.45, 2.75) is 25.3 Å². The van der Waals surface area contributed by atoms with E-state index in [1.807, 2.05) is 6.07 Å². The average molecular weight is 229 g/mol. The average Bonchev–Trinajstić information content (AvgIpc) is 3.03. The minimum atomic E-state index is -0.360. The van der Waals surface area contributed by atoms with Crippen LogP contribution in [0.15, 0.2) is 18.2 Å². The first-order valence-corrected chi connectivity index (χ1v) is 5.48. The third-order valence-electron chi connectivity index (χ3n) is 2.84. The Morgan fingerprint density at radius 2 is 2.27 bits per heavy atom. The van der Waals surface area contributed by atoms with E-state index in [9.17, 15) is 4.39 Å². The van der Waals surface area contributed by atoms with E-state index < -0.39 is 0 Å². The van der Waals surface area contributed by atoms with Crippen molar-refractivity contribution in [2.75, 3.05) is 0 Å². The summed E-state index contributed by atoms with van der Waals surface area (Å²) in [6.07, 6.45) is 3.19. The SMILES string of the molecule is NNC(Cc1ccc(Cl)c(F)c1)C1CC1. The van der Waals surface area contributed by atoms with Gasteiger partial charge in [0.1, 0.15) is 5.82 Å². The number of hydrogen-bond acceptors (Lipinski definition) is 2. The largest absolute Gasteiger partial charge is 0.271 e. The van der Waals surface area contributed by atoms with Gasteiger partial charge in [0.25, 0.3) is 0 Å². The Morgan fingerprint density at radius 3 is 2.80 bits per heavy atom. The lowest BCUT2D eigenvalue weighted by atomic mass is 10.0. The van der Waals surface area contributed by atoms with Gasteiger partial charge in [-0.05, 0) is 42.9 Å². The Balaban J connectivity index is 2.05. The van der Waals surface area contributed by atoms with Gasteiger partial charge in [-0.2, -0.15) is 0 Å². The molecule has 1 fully saturated rings. The molecule has 4 heteroatoms. The molecule has 0 radical (unpaired) electrons. The van der Waals surface area contributed by atoms with Crippen LogP contribution in [0.3, 0.4) is 0 Å². The molecular weight excluding hydrogens is 215 g/mol. The van der Waals surface area contributed by atoms with Gasteiger partial charge in [0.05, 0.1) is 5.02 Å². The number of nitrogens with two attached hydrogens (primary N) is 1. The first-order valence-electron chi connectivity index (χ1n) is 5.10. The number of rotatable bonds is 4. The number of benzene rings is 1. The molecule has 0 spiro atoms. The minimum absolute atomic E-state index is 0.169. The maximum Gasteiger partial charge on any atom is 0.142 e. The second-order valence-electron chi connectivity index (χ2n) is 4.06. The van der Waals surface area contributed by atoms with Gasteiger partial charge in [-0.15, -0.1) is 0 Å². The van der Waals surface area contributed by atoms with Crippen LogP contribution in [0.4, 0.5) is 4.39 Å². The zero-order valence-electron chi connectivity index (χ0n) is 8.34. The van der Waals surface area contributed by atoms with Crippen molar-refractivity contribution in [3.05, 3.63) is 34.6 Å². The van der Waals surface area contributed by atoms with E-state index in [1.165, 1.54) is 18.9 Å². The Morgan fingerprint density at radius 1 is 1.53 bits per heavy atom. The van der Waals surface area contributed by atoms with Gasteiger partial charge in [-0.1, -0.05) is 17.7 Å². The van der Waals surface area contributed by atoms with Crippen molar-refractivity contribution in [3.63, 3.8) is 0 Å². The highest BCUT2D eigenvalue weighted by atomic mass is 35.5. The lowest BCUT2D eigenvalue weighted by Gasteiger charge is -2.14. The fourth-order valence-corrected chi connectivity index (χ4v) is 1.90. The number of hydrazine groups is 1. The van der Waals surface area contributed by atoms with Crippen LogP contribution in [0, 0.1) is 11.7 Å². The standard InChI is InChI=1S/C11H14ClFN2/c12-9-4-1-7(5-10(9)13)6-11(15-14)8-2-3-8/h1,4-5,8,11,15H,2-3,6,14H2. The van der Waals surface area contributed by atoms with Crippen LogP contribution in [0.5, 0.6) is 0 Å². The summed E-state index contributed by atoms with van der Waals surface area (Å²) in [4.78, 5) is 0. The number of nitrogens with one attached hydrogen (secondary N) is 1. The molecule has 0 aliphatic heterocycles. The Kier molecular flexibility index (Phi) is 3.24. The van der Waals surface area contributed by atoms with Crippen molar-refractivity contribution in [1.29, 1.82) is 0 Å². The molecule has 15 heavy (non-hydrogen) atoms. The maximum atomic E-state index is 13.2. The van der Waals surface area contributed by atoms with Crippen LogP contribution in [0.2, 0.25) is 5.02 Å². The molecule has 1 aromatic rings. The smallest absolute Gasteiger partial charge is 0.142 e. The van der Waals surface area contributed by atoms with Gasteiger partial charge in [0, 0.05) is 6.04 Å². The van der Waals surface area contributed by atoms with E-state index in [1.54, 1.807) is 6.07 Å². The van der Waals surface area contributed by atoms with Gasteiger partial charge in [0.2, 0.25) is 0 Å². The predicted molar refractivity (Wildman–Crippen MR) is 58.9 cm³/mol. The molecule has 0 amide bonds. The molecule has 0 bridgehead atoms. The molecule has 1 aromatic carbocycles. The van der Waals surface area contributed by atoms with E-state index in [2.05, 4.69) is 5.43 Å². The summed E-state index contributed by atoms with van der Waals surface area (Å²) in [5.41, 5.74) is 3.73. The lowest BCUT2D eigenvalue weighted by Crippen LogP contribution is -2.38. The molecule has 2 nitrogen and oxygen atoms in total. The molecular formula is C11H14ClFN2. The summed E-state index contributed by atoms with van der Waals surface area (Å²) in [5, 5.41) is 0.169. The molecule has 1 aliphatic carbocycles. The molecule has 1 atom stereocenters. The van der Waals surface area contributed by atoms with Gasteiger partial charge in [-0.3, -0.25) is 11.3 Å². The topological polar surface area (TPSA) is 38.0 Å². The van der Waals surface area contributed by atoms with Gasteiger partial charge in [0.15, 0.2) is 0 Å². The minimum Gasteiger partial charge on any atom is -0.271 e. The Labute approximate surface area is 93.6 Å². The molecule has 0 aromatic heterocycles. The quantitative estimate of drug-likeness (QED) is 0.613. The summed E-state index contributed by atoms with van der Waals surface area (Å²) in [6, 6.07) is 5.17. The van der Waals surface area contributed by atoms with Crippen molar-refractivity contribution in [1.82, 2.24) is 5.43 Å². The van der Waals surface area contributed by atoms with E-state index in [4.69, 9.17) is 17.4 Å². The summed E-state index contributed by atoms with van der Waals surface area (Å²) in [6.45, 7) is 0. The van der Waals surface area contributed by atoms with Gasteiger partial charge >= 0.3 is 0 Å². The Bertz CT molecular complexity index is 352. The second kappa shape index (κ2) is 4.47. The normalized spacial score (nSPS) is 17.8. The molecule has 1 unspecified atom stereocenters. The second-order valence-corrected chi connectivity index (χ2v) is 4.47. The van der Waals surface area contributed by atoms with E-state index in [-0.39, 0.29) is 16.9 Å². The van der Waals surface area contributed by atoms with Crippen LogP contribution >= 0.6 is 11.6 Å². The summed E-state index contributed by atoms with van der Waals surface area (Å²) < 4.78 is 13.2. The summed E-state index contributed by atoms with van der Waals surface area (Å²) >= 11 is 5.61. The van der Waals surface area contributed by atoms with Crippen LogP contribution in [0.25, 0.3) is 0 Å². The van der Waals surface area contributed by atoms with Crippen molar-refractivity contribution < 1.29 is 4.39 Å². The first-order chi connectivity index (χ1) is 7.20. The van der Waals surface area contributed by atoms with Crippen molar-refractivity contribution >= 4 is 11.6 Å². The highest BCUT2D eigenvalue weighted by Gasteiger charge is 2.30. The van der Waals surface area contributed by atoms with Gasteiger partial charge in [-0.25, -0.2) is 4.39 Å². The molecule has 2 rings (SSSR count). The zero-order valence-corrected chi connectivity index (χ0v) is 9.10. The summed E-state index contributed by atoms with van der Waals surface area (Å²) in [5.74, 6) is 5.75. The van der Waals surface area contributed by atoms with Crippen molar-refractivity contribution in [3.8, 4) is 0 Å². The fraction of sp³-hybridized carbons (Fsp3) is 0.455. The van der Waals surface area contributed by atoms with Crippen molar-refractivity contribution in [2.24, 2.45) is 11.8 Å². The third kappa shape index (κ3) is 2.68.